The van der Waals surface area contributed by atoms with Crippen molar-refractivity contribution in [2.24, 2.45) is 5.41 Å². The number of likely N-dealkylation sites (tertiary alicyclic amines) is 1. The topological polar surface area (TPSA) is 155 Å². The van der Waals surface area contributed by atoms with Crippen molar-refractivity contribution in [2.75, 3.05) is 72.7 Å². The van der Waals surface area contributed by atoms with Gasteiger partial charge in [0.15, 0.2) is 5.75 Å². The van der Waals surface area contributed by atoms with Crippen molar-refractivity contribution >= 4 is 66.4 Å². The van der Waals surface area contributed by atoms with Gasteiger partial charge in [0.2, 0.25) is 17.7 Å². The van der Waals surface area contributed by atoms with E-state index in [4.69, 9.17) is 18.9 Å². The molecule has 2 saturated heterocycles. The Morgan fingerprint density at radius 3 is 2.16 bits per heavy atom. The quantitative estimate of drug-likeness (QED) is 0.0671. The standard InChI is InChI=1S/C53H61BrN6O8S2/c1-34-48(69-33-56-34)36-8-6-35(7-9-36)30-55-51(63)44-28-39(61)31-60(44)52(64)50(53(2,3)4)57-46(62)32-66-26-24-58-20-22-59(23-21-58)25-27-67-40-14-16-41(17-15-40)68-47-43-19-18-42(65-5)29-45(43)70-49(47)37-10-12-38(54)13-11-37/h6-19,29,33,39,44,50,61H,20-28,30-32H2,1-5H3,(H,55,63)(H,57,62)/t39-,44+,50-/m1/s1. The number of β-amino-alcohol motifs (C(OH)–C–C–N with tert-alkyl or cyclic N) is 1. The lowest BCUT2D eigenvalue weighted by Gasteiger charge is -2.35. The van der Waals surface area contributed by atoms with E-state index >= 15 is 0 Å². The van der Waals surface area contributed by atoms with Crippen molar-refractivity contribution in [3.63, 3.8) is 0 Å². The molecule has 0 unspecified atom stereocenters. The summed E-state index contributed by atoms with van der Waals surface area (Å²) in [5.41, 5.74) is 5.16. The van der Waals surface area contributed by atoms with Crippen molar-refractivity contribution < 1.29 is 38.4 Å². The van der Waals surface area contributed by atoms with Crippen molar-refractivity contribution in [3.05, 3.63) is 112 Å². The molecule has 3 atom stereocenters. The molecule has 0 aliphatic carbocycles. The summed E-state index contributed by atoms with van der Waals surface area (Å²) in [6.45, 7) is 13.5. The maximum absolute atomic E-state index is 14.1. The molecule has 8 rings (SSSR count). The number of benzene rings is 4. The number of piperazine rings is 1. The van der Waals surface area contributed by atoms with Gasteiger partial charge in [-0.15, -0.1) is 22.7 Å². The molecule has 3 N–H and O–H groups in total. The number of ether oxygens (including phenoxy) is 4. The molecular formula is C53H61BrN6O8S2. The predicted molar refractivity (Wildman–Crippen MR) is 279 cm³/mol. The van der Waals surface area contributed by atoms with Gasteiger partial charge in [0.1, 0.15) is 42.5 Å². The minimum absolute atomic E-state index is 0.00438. The van der Waals surface area contributed by atoms with Crippen LogP contribution in [0.1, 0.15) is 38.4 Å². The van der Waals surface area contributed by atoms with Gasteiger partial charge in [0.25, 0.3) is 0 Å². The van der Waals surface area contributed by atoms with E-state index in [0.29, 0.717) is 19.8 Å². The molecule has 4 aromatic carbocycles. The summed E-state index contributed by atoms with van der Waals surface area (Å²) in [5.74, 6) is 1.93. The highest BCUT2D eigenvalue weighted by molar-refractivity contribution is 9.10. The fourth-order valence-corrected chi connectivity index (χ4v) is 10.9. The average Bonchev–Trinajstić information content (AvgIpc) is 4.08. The van der Waals surface area contributed by atoms with E-state index < -0.39 is 35.4 Å². The molecule has 3 amide bonds. The molecule has 70 heavy (non-hydrogen) atoms. The Morgan fingerprint density at radius 1 is 0.857 bits per heavy atom. The number of carbonyl (C=O) groups excluding carboxylic acids is 3. The Labute approximate surface area is 426 Å². The maximum atomic E-state index is 14.1. The molecule has 0 bridgehead atoms. The number of thiazole rings is 1. The van der Waals surface area contributed by atoms with Gasteiger partial charge in [0.05, 0.1) is 40.8 Å². The molecule has 2 aromatic heterocycles. The van der Waals surface area contributed by atoms with E-state index in [2.05, 4.69) is 53.5 Å². The first kappa shape index (κ1) is 51.0. The molecule has 0 saturated carbocycles. The molecule has 14 nitrogen and oxygen atoms in total. The van der Waals surface area contributed by atoms with Crippen molar-refractivity contribution in [3.8, 4) is 43.9 Å². The highest BCUT2D eigenvalue weighted by atomic mass is 79.9. The molecule has 2 aliphatic heterocycles. The number of thiophene rings is 1. The smallest absolute Gasteiger partial charge is 0.246 e. The minimum atomic E-state index is -0.933. The molecule has 6 aromatic rings. The summed E-state index contributed by atoms with van der Waals surface area (Å²) in [7, 11) is 1.67. The van der Waals surface area contributed by atoms with Crippen LogP contribution in [0.2, 0.25) is 0 Å². The van der Waals surface area contributed by atoms with Crippen molar-refractivity contribution in [1.82, 2.24) is 30.3 Å². The molecule has 0 spiro atoms. The summed E-state index contributed by atoms with van der Waals surface area (Å²) in [4.78, 5) is 53.3. The van der Waals surface area contributed by atoms with Crippen LogP contribution in [0.5, 0.6) is 23.0 Å². The lowest BCUT2D eigenvalue weighted by Crippen LogP contribution is -2.58. The van der Waals surface area contributed by atoms with Crippen molar-refractivity contribution in [2.45, 2.75) is 58.8 Å². The monoisotopic (exact) mass is 1050 g/mol. The number of fused-ring (bicyclic) bond motifs is 1. The predicted octanol–water partition coefficient (Wildman–Crippen LogP) is 8.39. The number of halogens is 1. The highest BCUT2D eigenvalue weighted by Gasteiger charge is 2.44. The van der Waals surface area contributed by atoms with Gasteiger partial charge in [-0.25, -0.2) is 4.98 Å². The summed E-state index contributed by atoms with van der Waals surface area (Å²) < 4.78 is 26.1. The van der Waals surface area contributed by atoms with Crippen LogP contribution in [0, 0.1) is 12.3 Å². The van der Waals surface area contributed by atoms with E-state index in [-0.39, 0.29) is 32.0 Å². The van der Waals surface area contributed by atoms with Crippen LogP contribution in [0.25, 0.3) is 31.0 Å². The number of aryl methyl sites for hydroxylation is 1. The van der Waals surface area contributed by atoms with E-state index in [1.807, 2.05) is 112 Å². The summed E-state index contributed by atoms with van der Waals surface area (Å²) >= 11 is 6.80. The Kier molecular flexibility index (Phi) is 16.9. The van der Waals surface area contributed by atoms with Gasteiger partial charge >= 0.3 is 0 Å². The highest BCUT2D eigenvalue weighted by Crippen LogP contribution is 2.47. The number of nitrogens with one attached hydrogen (secondary N) is 2. The second-order valence-corrected chi connectivity index (χ2v) is 21.6. The van der Waals surface area contributed by atoms with E-state index in [0.717, 1.165) is 102 Å². The number of aromatic nitrogens is 1. The Bertz CT molecular complexity index is 2720. The molecule has 4 heterocycles. The molecule has 0 radical (unpaired) electrons. The number of aliphatic hydroxyl groups excluding tert-OH is 1. The second-order valence-electron chi connectivity index (χ2n) is 18.7. The minimum Gasteiger partial charge on any atom is -0.497 e. The van der Waals surface area contributed by atoms with Crippen LogP contribution >= 0.6 is 38.6 Å². The van der Waals surface area contributed by atoms with Crippen molar-refractivity contribution in [1.29, 1.82) is 0 Å². The fourth-order valence-electron chi connectivity index (χ4n) is 8.67. The van der Waals surface area contributed by atoms with E-state index in [1.165, 1.54) is 4.90 Å². The fraction of sp³-hybridized carbons (Fsp3) is 0.396. The molecular weight excluding hydrogens is 993 g/mol. The van der Waals surface area contributed by atoms with E-state index in [1.54, 1.807) is 29.8 Å². The van der Waals surface area contributed by atoms with E-state index in [9.17, 15) is 19.5 Å². The Hall–Kier alpha value is -5.40. The number of nitrogens with zero attached hydrogens (tertiary/aromatic N) is 4. The third-order valence-electron chi connectivity index (χ3n) is 12.6. The lowest BCUT2D eigenvalue weighted by molar-refractivity contribution is -0.144. The third kappa shape index (κ3) is 12.9. The SMILES string of the molecule is COc1ccc2c(Oc3ccc(OCCN4CCN(CCOCC(=O)N[C@H](C(=O)N5C[C@H](O)C[C@H]5C(=O)NCc5ccc(-c6scnc6C)cc5)C(C)(C)C)CC4)cc3)c(-c3ccc(Br)cc3)sc2c1. The maximum Gasteiger partial charge on any atom is 0.246 e. The number of amides is 3. The number of rotatable bonds is 19. The zero-order valence-electron chi connectivity index (χ0n) is 40.2. The first-order valence-corrected chi connectivity index (χ1v) is 26.1. The van der Waals surface area contributed by atoms with Crippen LogP contribution in [-0.4, -0.2) is 133 Å². The Morgan fingerprint density at radius 2 is 1.50 bits per heavy atom. The lowest BCUT2D eigenvalue weighted by atomic mass is 9.85. The van der Waals surface area contributed by atoms with Crippen LogP contribution in [0.4, 0.5) is 0 Å². The van der Waals surface area contributed by atoms with Gasteiger partial charge in [0, 0.05) is 73.3 Å². The third-order valence-corrected chi connectivity index (χ3v) is 15.3. The summed E-state index contributed by atoms with van der Waals surface area (Å²) in [6.07, 6.45) is -0.741. The number of hydrogen-bond donors (Lipinski definition) is 3. The average molecular weight is 1050 g/mol. The van der Waals surface area contributed by atoms with Gasteiger partial charge in [-0.1, -0.05) is 73.1 Å². The van der Waals surface area contributed by atoms with Gasteiger partial charge in [-0.3, -0.25) is 24.2 Å². The first-order chi connectivity index (χ1) is 33.7. The zero-order chi connectivity index (χ0) is 49.4. The van der Waals surface area contributed by atoms with Gasteiger partial charge < -0.3 is 39.6 Å². The van der Waals surface area contributed by atoms with Crippen LogP contribution in [0.3, 0.4) is 0 Å². The number of hydrogen-bond acceptors (Lipinski definition) is 13. The molecule has 2 fully saturated rings. The zero-order valence-corrected chi connectivity index (χ0v) is 43.5. The second kappa shape index (κ2) is 23.2. The first-order valence-electron chi connectivity index (χ1n) is 23.6. The molecule has 2 aliphatic rings. The largest absolute Gasteiger partial charge is 0.497 e. The summed E-state index contributed by atoms with van der Waals surface area (Å²) in [6, 6.07) is 28.2. The normalized spacial score (nSPS) is 17.1. The number of carbonyl (C=O) groups is 3. The number of aliphatic hydroxyl groups is 1. The van der Waals surface area contributed by atoms with Crippen LogP contribution < -0.4 is 24.8 Å². The van der Waals surface area contributed by atoms with Gasteiger partial charge in [-0.05, 0) is 83.6 Å². The molecule has 17 heteroatoms. The molecule has 370 valence electrons. The number of methoxy groups -OCH3 is 1. The van der Waals surface area contributed by atoms with Crippen LogP contribution in [0.15, 0.2) is 101 Å². The van der Waals surface area contributed by atoms with Gasteiger partial charge in [-0.2, -0.15) is 0 Å². The Balaban J connectivity index is 0.736. The van der Waals surface area contributed by atoms with Crippen LogP contribution in [-0.2, 0) is 25.7 Å². The summed E-state index contributed by atoms with van der Waals surface area (Å²) in [5, 5.41) is 17.5.